The summed E-state index contributed by atoms with van der Waals surface area (Å²) in [5, 5.41) is 23.7. The Morgan fingerprint density at radius 2 is 0.871 bits per heavy atom. The van der Waals surface area contributed by atoms with E-state index < -0.39 is 18.2 Å². The maximum absolute atomic E-state index is 13.2. The fourth-order valence-corrected chi connectivity index (χ4v) is 7.99. The fourth-order valence-electron chi connectivity index (χ4n) is 7.99. The maximum Gasteiger partial charge on any atom is 0.306 e. The van der Waals surface area contributed by atoms with Gasteiger partial charge in [-0.1, -0.05) is 268 Å². The molecule has 0 aromatic heterocycles. The fraction of sp³-hybridized carbons (Fsp3) is 0.786. The lowest BCUT2D eigenvalue weighted by Gasteiger charge is -2.24. The predicted octanol–water partition coefficient (Wildman–Crippen LogP) is 16.0. The third kappa shape index (κ3) is 44.2. The minimum atomic E-state index is -0.806. The van der Waals surface area contributed by atoms with Crippen LogP contribution in [-0.2, 0) is 14.3 Å². The van der Waals surface area contributed by atoms with Gasteiger partial charge in [-0.2, -0.15) is 0 Å². The summed E-state index contributed by atoms with van der Waals surface area (Å²) in [4.78, 5) is 26.1. The normalized spacial score (nSPS) is 13.7. The van der Waals surface area contributed by atoms with Gasteiger partial charge in [0.15, 0.2) is 0 Å². The van der Waals surface area contributed by atoms with Gasteiger partial charge in [0.1, 0.15) is 6.10 Å². The molecule has 0 heterocycles. The smallest absolute Gasteiger partial charge is 0.306 e. The Balaban J connectivity index is 4.61. The van der Waals surface area contributed by atoms with E-state index in [1.165, 1.54) is 154 Å². The number of amides is 1. The summed E-state index contributed by atoms with van der Waals surface area (Å²) in [6.07, 6.45) is 61.5. The summed E-state index contributed by atoms with van der Waals surface area (Å²) >= 11 is 0. The molecule has 0 saturated carbocycles. The summed E-state index contributed by atoms with van der Waals surface area (Å²) in [5.74, 6) is -0.539. The molecule has 0 radical (unpaired) electrons. The van der Waals surface area contributed by atoms with Gasteiger partial charge in [-0.25, -0.2) is 0 Å². The quantitative estimate of drug-likeness (QED) is 0.0322. The Kier molecular flexibility index (Phi) is 47.6. The lowest BCUT2D eigenvalue weighted by Crippen LogP contribution is -2.46. The molecule has 6 nitrogen and oxygen atoms in total. The van der Waals surface area contributed by atoms with Crippen LogP contribution in [0.2, 0.25) is 0 Å². The highest BCUT2D eigenvalue weighted by Crippen LogP contribution is 2.18. The number of ether oxygens (including phenoxy) is 1. The van der Waals surface area contributed by atoms with E-state index in [1.54, 1.807) is 0 Å². The minimum absolute atomic E-state index is 0.0299. The molecular weight excluding hydrogens is 767 g/mol. The number of hydrogen-bond acceptors (Lipinski definition) is 5. The predicted molar refractivity (Wildman–Crippen MR) is 268 cm³/mol. The Labute approximate surface area is 384 Å². The Bertz CT molecular complexity index is 1110. The van der Waals surface area contributed by atoms with Gasteiger partial charge in [0.25, 0.3) is 0 Å². The summed E-state index contributed by atoms with van der Waals surface area (Å²) in [6, 6.07) is -0.724. The SMILES string of the molecule is CC/C=C/C=C/C=C\C=C/C=C/CCCC(CC(=O)NC(CO)C(O)CCCCCCCCCCCCCCC)OC(=O)CCCCCCCCCCCCCCCCCCC. The summed E-state index contributed by atoms with van der Waals surface area (Å²) < 4.78 is 5.90. The summed E-state index contributed by atoms with van der Waals surface area (Å²) in [6.45, 7) is 6.33. The van der Waals surface area contributed by atoms with Crippen molar-refractivity contribution in [2.75, 3.05) is 6.61 Å². The van der Waals surface area contributed by atoms with Gasteiger partial charge in [0, 0.05) is 6.42 Å². The topological polar surface area (TPSA) is 95.9 Å². The third-order valence-corrected chi connectivity index (χ3v) is 12.0. The standard InChI is InChI=1S/C56H101NO5/c1-4-7-10-13-16-19-22-25-26-27-28-31-34-37-40-43-46-49-56(61)62-52(47-44-41-38-35-32-29-23-20-17-14-11-8-5-2)50-55(60)57-53(51-58)54(59)48-45-42-39-36-33-30-24-21-18-15-12-9-6-3/h8,11,14,17,20,23,29,32,35,38,52-54,58-59H,4-7,9-10,12-13,15-16,18-19,21-22,24-28,30-31,33-34,36-37,39-51H2,1-3H3,(H,57,60)/b11-8+,17-14+,23-20-,32-29-,38-35+. The monoisotopic (exact) mass is 868 g/mol. The molecule has 0 fully saturated rings. The van der Waals surface area contributed by atoms with Crippen molar-refractivity contribution in [1.29, 1.82) is 0 Å². The van der Waals surface area contributed by atoms with Gasteiger partial charge in [0.2, 0.25) is 5.91 Å². The zero-order valence-corrected chi connectivity index (χ0v) is 41.0. The number of aliphatic hydroxyl groups excluding tert-OH is 2. The molecule has 0 bridgehead atoms. The highest BCUT2D eigenvalue weighted by molar-refractivity contribution is 5.77. The molecular formula is C56H101NO5. The number of aliphatic hydroxyl groups is 2. The second-order valence-electron chi connectivity index (χ2n) is 18.0. The lowest BCUT2D eigenvalue weighted by atomic mass is 10.0. The van der Waals surface area contributed by atoms with Gasteiger partial charge < -0.3 is 20.3 Å². The number of allylic oxidation sites excluding steroid dienone is 10. The van der Waals surface area contributed by atoms with Crippen LogP contribution < -0.4 is 5.32 Å². The molecule has 360 valence electrons. The summed E-state index contributed by atoms with van der Waals surface area (Å²) in [7, 11) is 0. The average molecular weight is 868 g/mol. The first-order valence-electron chi connectivity index (χ1n) is 26.6. The van der Waals surface area contributed by atoms with Crippen molar-refractivity contribution in [1.82, 2.24) is 5.32 Å². The van der Waals surface area contributed by atoms with Crippen LogP contribution in [0.15, 0.2) is 60.8 Å². The van der Waals surface area contributed by atoms with Crippen molar-refractivity contribution in [2.24, 2.45) is 0 Å². The van der Waals surface area contributed by atoms with Crippen molar-refractivity contribution in [3.63, 3.8) is 0 Å². The zero-order valence-electron chi connectivity index (χ0n) is 41.0. The zero-order chi connectivity index (χ0) is 45.2. The largest absolute Gasteiger partial charge is 0.462 e. The lowest BCUT2D eigenvalue weighted by molar-refractivity contribution is -0.151. The number of hydrogen-bond donors (Lipinski definition) is 3. The molecule has 0 saturated heterocycles. The highest BCUT2D eigenvalue weighted by atomic mass is 16.5. The van der Waals surface area contributed by atoms with E-state index in [0.29, 0.717) is 19.3 Å². The van der Waals surface area contributed by atoms with Crippen molar-refractivity contribution in [3.05, 3.63) is 60.8 Å². The number of esters is 1. The van der Waals surface area contributed by atoms with Crippen LogP contribution in [0.4, 0.5) is 0 Å². The molecule has 0 aliphatic rings. The average Bonchev–Trinajstić information content (AvgIpc) is 3.26. The molecule has 0 aromatic rings. The summed E-state index contributed by atoms with van der Waals surface area (Å²) in [5.41, 5.74) is 0. The number of nitrogens with one attached hydrogen (secondary N) is 1. The van der Waals surface area contributed by atoms with Crippen molar-refractivity contribution < 1.29 is 24.5 Å². The van der Waals surface area contributed by atoms with Crippen LogP contribution in [0, 0.1) is 0 Å². The maximum atomic E-state index is 13.2. The van der Waals surface area contributed by atoms with Gasteiger partial charge in [-0.3, -0.25) is 9.59 Å². The van der Waals surface area contributed by atoms with E-state index in [0.717, 1.165) is 57.8 Å². The van der Waals surface area contributed by atoms with E-state index in [-0.39, 0.29) is 24.9 Å². The van der Waals surface area contributed by atoms with E-state index in [2.05, 4.69) is 38.2 Å². The second kappa shape index (κ2) is 49.6. The van der Waals surface area contributed by atoms with Crippen LogP contribution in [-0.4, -0.2) is 46.9 Å². The molecule has 0 aromatic carbocycles. The Hall–Kier alpha value is -2.44. The number of carbonyl (C=O) groups excluding carboxylic acids is 2. The third-order valence-electron chi connectivity index (χ3n) is 12.0. The van der Waals surface area contributed by atoms with Crippen molar-refractivity contribution in [2.45, 2.75) is 277 Å². The molecule has 0 spiro atoms. The second-order valence-corrected chi connectivity index (χ2v) is 18.0. The first-order valence-corrected chi connectivity index (χ1v) is 26.6. The molecule has 62 heavy (non-hydrogen) atoms. The van der Waals surface area contributed by atoms with Crippen molar-refractivity contribution in [3.8, 4) is 0 Å². The molecule has 0 aliphatic heterocycles. The van der Waals surface area contributed by atoms with Gasteiger partial charge in [0.05, 0.1) is 25.2 Å². The molecule has 6 heteroatoms. The van der Waals surface area contributed by atoms with E-state index in [1.807, 2.05) is 48.6 Å². The molecule has 3 N–H and O–H groups in total. The van der Waals surface area contributed by atoms with Crippen LogP contribution in [0.3, 0.4) is 0 Å². The van der Waals surface area contributed by atoms with E-state index in [9.17, 15) is 19.8 Å². The molecule has 0 rings (SSSR count). The van der Waals surface area contributed by atoms with Gasteiger partial charge >= 0.3 is 5.97 Å². The molecule has 1 amide bonds. The van der Waals surface area contributed by atoms with Crippen LogP contribution in [0.5, 0.6) is 0 Å². The number of carbonyl (C=O) groups is 2. The van der Waals surface area contributed by atoms with E-state index in [4.69, 9.17) is 4.74 Å². The highest BCUT2D eigenvalue weighted by Gasteiger charge is 2.24. The van der Waals surface area contributed by atoms with Crippen LogP contribution >= 0.6 is 0 Å². The van der Waals surface area contributed by atoms with Crippen molar-refractivity contribution >= 4 is 11.9 Å². The van der Waals surface area contributed by atoms with Gasteiger partial charge in [-0.15, -0.1) is 0 Å². The molecule has 0 aliphatic carbocycles. The number of unbranched alkanes of at least 4 members (excludes halogenated alkanes) is 29. The van der Waals surface area contributed by atoms with E-state index >= 15 is 0 Å². The first kappa shape index (κ1) is 59.6. The molecule has 3 atom stereocenters. The van der Waals surface area contributed by atoms with Gasteiger partial charge in [-0.05, 0) is 38.5 Å². The van der Waals surface area contributed by atoms with Crippen LogP contribution in [0.1, 0.15) is 258 Å². The number of rotatable bonds is 47. The minimum Gasteiger partial charge on any atom is -0.462 e. The Morgan fingerprint density at radius 3 is 1.29 bits per heavy atom. The first-order chi connectivity index (χ1) is 30.5. The van der Waals surface area contributed by atoms with Crippen LogP contribution in [0.25, 0.3) is 0 Å². The molecule has 3 unspecified atom stereocenters. The Morgan fingerprint density at radius 1 is 0.484 bits per heavy atom.